The number of piperidine rings is 1. The summed E-state index contributed by atoms with van der Waals surface area (Å²) in [6.45, 7) is 5.46. The van der Waals surface area contributed by atoms with Crippen molar-refractivity contribution in [1.82, 2.24) is 9.88 Å². The van der Waals surface area contributed by atoms with Gasteiger partial charge in [-0.1, -0.05) is 36.2 Å². The van der Waals surface area contributed by atoms with Crippen LogP contribution in [-0.4, -0.2) is 28.9 Å². The fraction of sp³-hybridized carbons (Fsp3) is 0.364. The van der Waals surface area contributed by atoms with Gasteiger partial charge in [0.25, 0.3) is 0 Å². The number of thiazole rings is 1. The zero-order valence-electron chi connectivity index (χ0n) is 15.9. The lowest BCUT2D eigenvalue weighted by atomic mass is 10.0. The number of aromatic nitrogens is 1. The summed E-state index contributed by atoms with van der Waals surface area (Å²) in [5.74, 6) is 0.0509. The number of benzene rings is 2. The average molecular weight is 380 g/mol. The molecule has 1 fully saturated rings. The number of carbonyl (C=O) groups excluding carboxylic acids is 1. The standard InChI is InChI=1S/C22H25N3OS/c1-15-10-11-17(16(2)13-15)23-21(26)14-25-12-6-5-8-19(25)22-24-18-7-3-4-9-20(18)27-22/h3-4,7,9-11,13,19H,5-6,8,12,14H2,1-2H3,(H,23,26)/t19-/m0/s1. The van der Waals surface area contributed by atoms with Crippen molar-refractivity contribution in [3.63, 3.8) is 0 Å². The Labute approximate surface area is 164 Å². The van der Waals surface area contributed by atoms with Crippen LogP contribution in [0.4, 0.5) is 5.69 Å². The number of anilines is 1. The van der Waals surface area contributed by atoms with E-state index in [4.69, 9.17) is 4.98 Å². The first kappa shape index (κ1) is 18.1. The third-order valence-corrected chi connectivity index (χ3v) is 6.35. The van der Waals surface area contributed by atoms with Crippen molar-refractivity contribution in [3.05, 3.63) is 58.6 Å². The topological polar surface area (TPSA) is 45.2 Å². The number of carbonyl (C=O) groups is 1. The number of amides is 1. The third-order valence-electron chi connectivity index (χ3n) is 5.21. The SMILES string of the molecule is Cc1ccc(NC(=O)CN2CCCC[C@H]2c2nc3ccccc3s2)c(C)c1. The van der Waals surface area contributed by atoms with Gasteiger partial charge >= 0.3 is 0 Å². The number of nitrogens with zero attached hydrogens (tertiary/aromatic N) is 2. The zero-order chi connectivity index (χ0) is 18.8. The van der Waals surface area contributed by atoms with Gasteiger partial charge in [0, 0.05) is 5.69 Å². The van der Waals surface area contributed by atoms with E-state index in [0.717, 1.165) is 41.2 Å². The zero-order valence-corrected chi connectivity index (χ0v) is 16.7. The molecule has 4 rings (SSSR count). The smallest absolute Gasteiger partial charge is 0.238 e. The second kappa shape index (κ2) is 7.79. The Morgan fingerprint density at radius 2 is 2.07 bits per heavy atom. The van der Waals surface area contributed by atoms with Gasteiger partial charge in [0.15, 0.2) is 0 Å². The Balaban J connectivity index is 1.49. The van der Waals surface area contributed by atoms with Crippen LogP contribution in [0.15, 0.2) is 42.5 Å². The number of aryl methyl sites for hydroxylation is 2. The molecule has 0 saturated carbocycles. The maximum absolute atomic E-state index is 12.7. The first-order chi connectivity index (χ1) is 13.1. The van der Waals surface area contributed by atoms with Gasteiger partial charge in [0.05, 0.1) is 22.8 Å². The summed E-state index contributed by atoms with van der Waals surface area (Å²) >= 11 is 1.76. The van der Waals surface area contributed by atoms with Crippen LogP contribution in [0.1, 0.15) is 41.4 Å². The Morgan fingerprint density at radius 3 is 2.89 bits per heavy atom. The Kier molecular flexibility index (Phi) is 5.23. The van der Waals surface area contributed by atoms with Crippen LogP contribution in [0.2, 0.25) is 0 Å². The van der Waals surface area contributed by atoms with Gasteiger partial charge in [-0.3, -0.25) is 9.69 Å². The summed E-state index contributed by atoms with van der Waals surface area (Å²) in [5, 5.41) is 4.22. The molecule has 0 aliphatic carbocycles. The first-order valence-electron chi connectivity index (χ1n) is 9.57. The molecule has 1 saturated heterocycles. The number of hydrogen-bond donors (Lipinski definition) is 1. The van der Waals surface area contributed by atoms with Gasteiger partial charge in [-0.2, -0.15) is 0 Å². The molecule has 1 aromatic heterocycles. The number of nitrogens with one attached hydrogen (secondary N) is 1. The molecule has 27 heavy (non-hydrogen) atoms. The summed E-state index contributed by atoms with van der Waals surface area (Å²) in [6, 6.07) is 14.6. The van der Waals surface area contributed by atoms with E-state index in [9.17, 15) is 4.79 Å². The number of para-hydroxylation sites is 1. The molecule has 0 spiro atoms. The van der Waals surface area contributed by atoms with E-state index >= 15 is 0 Å². The molecule has 140 valence electrons. The van der Waals surface area contributed by atoms with Crippen molar-refractivity contribution in [1.29, 1.82) is 0 Å². The van der Waals surface area contributed by atoms with Crippen molar-refractivity contribution in [2.45, 2.75) is 39.2 Å². The van der Waals surface area contributed by atoms with E-state index in [1.807, 2.05) is 25.1 Å². The lowest BCUT2D eigenvalue weighted by molar-refractivity contribution is -0.118. The van der Waals surface area contributed by atoms with E-state index in [-0.39, 0.29) is 11.9 Å². The van der Waals surface area contributed by atoms with Crippen LogP contribution in [0.25, 0.3) is 10.2 Å². The summed E-state index contributed by atoms with van der Waals surface area (Å²) in [5.41, 5.74) is 4.27. The van der Waals surface area contributed by atoms with Gasteiger partial charge in [-0.15, -0.1) is 11.3 Å². The molecule has 1 aliphatic heterocycles. The largest absolute Gasteiger partial charge is 0.325 e. The van der Waals surface area contributed by atoms with Gasteiger partial charge in [0.1, 0.15) is 5.01 Å². The molecule has 0 unspecified atom stereocenters. The summed E-state index contributed by atoms with van der Waals surface area (Å²) < 4.78 is 1.22. The summed E-state index contributed by atoms with van der Waals surface area (Å²) in [4.78, 5) is 19.8. The molecule has 3 aromatic rings. The maximum Gasteiger partial charge on any atom is 0.238 e. The fourth-order valence-electron chi connectivity index (χ4n) is 3.82. The molecule has 2 aromatic carbocycles. The molecule has 5 heteroatoms. The molecule has 2 heterocycles. The molecule has 4 nitrogen and oxygen atoms in total. The number of likely N-dealkylation sites (tertiary alicyclic amines) is 1. The van der Waals surface area contributed by atoms with Crippen molar-refractivity contribution in [2.75, 3.05) is 18.4 Å². The van der Waals surface area contributed by atoms with Crippen LogP contribution in [0.3, 0.4) is 0 Å². The van der Waals surface area contributed by atoms with Crippen LogP contribution in [-0.2, 0) is 4.79 Å². The maximum atomic E-state index is 12.7. The molecule has 1 atom stereocenters. The molecule has 0 bridgehead atoms. The minimum Gasteiger partial charge on any atom is -0.325 e. The highest BCUT2D eigenvalue weighted by molar-refractivity contribution is 7.18. The highest BCUT2D eigenvalue weighted by Gasteiger charge is 2.28. The van der Waals surface area contributed by atoms with Crippen molar-refractivity contribution >= 4 is 33.1 Å². The van der Waals surface area contributed by atoms with Crippen LogP contribution in [0.5, 0.6) is 0 Å². The van der Waals surface area contributed by atoms with Gasteiger partial charge in [-0.05, 0) is 57.0 Å². The third kappa shape index (κ3) is 4.04. The van der Waals surface area contributed by atoms with E-state index in [2.05, 4.69) is 41.4 Å². The normalized spacial score (nSPS) is 17.9. The number of fused-ring (bicyclic) bond motifs is 1. The van der Waals surface area contributed by atoms with E-state index < -0.39 is 0 Å². The fourth-order valence-corrected chi connectivity index (χ4v) is 4.96. The minimum atomic E-state index is 0.0509. The van der Waals surface area contributed by atoms with E-state index in [1.165, 1.54) is 16.7 Å². The molecule has 1 amide bonds. The summed E-state index contributed by atoms with van der Waals surface area (Å²) in [7, 11) is 0. The van der Waals surface area contributed by atoms with Gasteiger partial charge < -0.3 is 5.32 Å². The molecular formula is C22H25N3OS. The average Bonchev–Trinajstić information content (AvgIpc) is 3.08. The molecular weight excluding hydrogens is 354 g/mol. The monoisotopic (exact) mass is 379 g/mol. The quantitative estimate of drug-likeness (QED) is 0.688. The Bertz CT molecular complexity index is 932. The lowest BCUT2D eigenvalue weighted by Gasteiger charge is -2.33. The second-order valence-corrected chi connectivity index (χ2v) is 8.43. The van der Waals surface area contributed by atoms with E-state index in [0.29, 0.717) is 6.54 Å². The highest BCUT2D eigenvalue weighted by atomic mass is 32.1. The van der Waals surface area contributed by atoms with E-state index in [1.54, 1.807) is 11.3 Å². The first-order valence-corrected chi connectivity index (χ1v) is 10.4. The lowest BCUT2D eigenvalue weighted by Crippen LogP contribution is -2.39. The van der Waals surface area contributed by atoms with Crippen molar-refractivity contribution in [2.24, 2.45) is 0 Å². The van der Waals surface area contributed by atoms with Crippen LogP contribution < -0.4 is 5.32 Å². The van der Waals surface area contributed by atoms with Crippen molar-refractivity contribution < 1.29 is 4.79 Å². The number of rotatable bonds is 4. The van der Waals surface area contributed by atoms with Crippen LogP contribution in [0, 0.1) is 13.8 Å². The molecule has 1 N–H and O–H groups in total. The minimum absolute atomic E-state index is 0.0509. The Hall–Kier alpha value is -2.24. The second-order valence-electron chi connectivity index (χ2n) is 7.37. The summed E-state index contributed by atoms with van der Waals surface area (Å²) in [6.07, 6.45) is 3.39. The van der Waals surface area contributed by atoms with Crippen molar-refractivity contribution in [3.8, 4) is 0 Å². The predicted octanol–water partition coefficient (Wildman–Crippen LogP) is 5.08. The Morgan fingerprint density at radius 1 is 1.22 bits per heavy atom. The van der Waals surface area contributed by atoms with Crippen LogP contribution >= 0.6 is 11.3 Å². The molecule has 1 aliphatic rings. The van der Waals surface area contributed by atoms with Gasteiger partial charge in [0.2, 0.25) is 5.91 Å². The molecule has 0 radical (unpaired) electrons. The number of hydrogen-bond acceptors (Lipinski definition) is 4. The predicted molar refractivity (Wildman–Crippen MR) is 112 cm³/mol. The van der Waals surface area contributed by atoms with Gasteiger partial charge in [-0.25, -0.2) is 4.98 Å². The highest BCUT2D eigenvalue weighted by Crippen LogP contribution is 2.35.